The van der Waals surface area contributed by atoms with Crippen LogP contribution in [0.1, 0.15) is 39.0 Å². The van der Waals surface area contributed by atoms with E-state index in [9.17, 15) is 4.79 Å². The topological polar surface area (TPSA) is 59.6 Å². The maximum absolute atomic E-state index is 11.7. The molecule has 114 valence electrons. The Labute approximate surface area is 121 Å². The van der Waals surface area contributed by atoms with Crippen LogP contribution < -0.4 is 10.6 Å². The summed E-state index contributed by atoms with van der Waals surface area (Å²) in [6, 6.07) is 0.0374. The van der Waals surface area contributed by atoms with Gasteiger partial charge >= 0.3 is 6.03 Å². The molecule has 1 saturated heterocycles. The number of urea groups is 1. The molecule has 5 nitrogen and oxygen atoms in total. The van der Waals surface area contributed by atoms with Crippen LogP contribution in [0.2, 0.25) is 0 Å². The van der Waals surface area contributed by atoms with Gasteiger partial charge in [-0.3, -0.25) is 0 Å². The van der Waals surface area contributed by atoms with Gasteiger partial charge in [0.2, 0.25) is 0 Å². The van der Waals surface area contributed by atoms with Crippen molar-refractivity contribution in [3.8, 4) is 0 Å². The molecule has 0 bridgehead atoms. The Bertz CT molecular complexity index is 330. The minimum atomic E-state index is -0.308. The van der Waals surface area contributed by atoms with Gasteiger partial charge in [-0.15, -0.1) is 6.58 Å². The molecule has 2 aliphatic rings. The molecule has 2 N–H and O–H groups in total. The Kier molecular flexibility index (Phi) is 5.43. The first-order chi connectivity index (χ1) is 9.63. The summed E-state index contributed by atoms with van der Waals surface area (Å²) in [5.74, 6) is 0.214. The fourth-order valence-corrected chi connectivity index (χ4v) is 2.93. The van der Waals surface area contributed by atoms with Crippen molar-refractivity contribution in [1.82, 2.24) is 10.6 Å². The summed E-state index contributed by atoms with van der Waals surface area (Å²) in [6.45, 7) is 7.79. The third kappa shape index (κ3) is 4.21. The van der Waals surface area contributed by atoms with Crippen LogP contribution in [-0.2, 0) is 9.47 Å². The molecule has 0 aromatic heterocycles. The van der Waals surface area contributed by atoms with Gasteiger partial charge in [-0.1, -0.05) is 6.08 Å². The van der Waals surface area contributed by atoms with Crippen LogP contribution in [0.4, 0.5) is 4.79 Å². The second-order valence-electron chi connectivity index (χ2n) is 5.83. The smallest absolute Gasteiger partial charge is 0.315 e. The summed E-state index contributed by atoms with van der Waals surface area (Å²) in [4.78, 5) is 11.7. The van der Waals surface area contributed by atoms with E-state index in [1.165, 1.54) is 0 Å². The standard InChI is InChI=1S/C15H26N2O3/c1-3-4-12(2)17-14(18)16-11-13-5-7-15(8-6-13)19-9-10-20-15/h3,12-13H,1,4-11H2,2H3,(H2,16,17,18)/t12-/m0/s1. The van der Waals surface area contributed by atoms with E-state index < -0.39 is 0 Å². The molecule has 20 heavy (non-hydrogen) atoms. The summed E-state index contributed by atoms with van der Waals surface area (Å²) in [7, 11) is 0. The number of carbonyl (C=O) groups excluding carboxylic acids is 1. The quantitative estimate of drug-likeness (QED) is 0.760. The van der Waals surface area contributed by atoms with Crippen molar-refractivity contribution in [1.29, 1.82) is 0 Å². The molecule has 1 heterocycles. The van der Waals surface area contributed by atoms with Gasteiger partial charge in [0, 0.05) is 25.4 Å². The maximum Gasteiger partial charge on any atom is 0.315 e. The molecule has 1 aliphatic carbocycles. The lowest BCUT2D eigenvalue weighted by atomic mass is 9.85. The minimum Gasteiger partial charge on any atom is -0.348 e. The lowest BCUT2D eigenvalue weighted by molar-refractivity contribution is -0.182. The van der Waals surface area contributed by atoms with Crippen LogP contribution in [0.15, 0.2) is 12.7 Å². The molecule has 0 aromatic carbocycles. The zero-order valence-electron chi connectivity index (χ0n) is 12.3. The van der Waals surface area contributed by atoms with Gasteiger partial charge in [-0.2, -0.15) is 0 Å². The number of carbonyl (C=O) groups is 1. The molecule has 0 aromatic rings. The molecule has 2 fully saturated rings. The Hall–Kier alpha value is -1.07. The second-order valence-corrected chi connectivity index (χ2v) is 5.83. The largest absolute Gasteiger partial charge is 0.348 e. The zero-order chi connectivity index (χ0) is 14.4. The molecule has 1 saturated carbocycles. The van der Waals surface area contributed by atoms with E-state index in [0.717, 1.165) is 38.6 Å². The Balaban J connectivity index is 1.63. The van der Waals surface area contributed by atoms with Crippen LogP contribution in [0.3, 0.4) is 0 Å². The summed E-state index contributed by atoms with van der Waals surface area (Å²) >= 11 is 0. The van der Waals surface area contributed by atoms with Gasteiger partial charge in [0.15, 0.2) is 5.79 Å². The maximum atomic E-state index is 11.7. The molecule has 1 spiro atoms. The van der Waals surface area contributed by atoms with Gasteiger partial charge in [0.25, 0.3) is 0 Å². The molecular weight excluding hydrogens is 256 g/mol. The zero-order valence-corrected chi connectivity index (χ0v) is 12.3. The molecular formula is C15H26N2O3. The SMILES string of the molecule is C=CC[C@H](C)NC(=O)NCC1CCC2(CC1)OCCO2. The third-order valence-corrected chi connectivity index (χ3v) is 4.13. The number of amides is 2. The predicted octanol–water partition coefficient (Wildman–Crippen LogP) is 2.18. The number of rotatable bonds is 5. The Morgan fingerprint density at radius 2 is 2.05 bits per heavy atom. The number of hydrogen-bond acceptors (Lipinski definition) is 3. The average molecular weight is 282 g/mol. The van der Waals surface area contributed by atoms with Crippen molar-refractivity contribution < 1.29 is 14.3 Å². The van der Waals surface area contributed by atoms with E-state index in [1.807, 2.05) is 13.0 Å². The van der Waals surface area contributed by atoms with Gasteiger partial charge in [-0.25, -0.2) is 4.79 Å². The van der Waals surface area contributed by atoms with Crippen LogP contribution >= 0.6 is 0 Å². The van der Waals surface area contributed by atoms with E-state index in [0.29, 0.717) is 19.1 Å². The van der Waals surface area contributed by atoms with Crippen molar-refractivity contribution in [2.45, 2.75) is 50.9 Å². The van der Waals surface area contributed by atoms with Crippen molar-refractivity contribution in [2.75, 3.05) is 19.8 Å². The summed E-state index contributed by atoms with van der Waals surface area (Å²) in [5.41, 5.74) is 0. The normalized spacial score (nSPS) is 23.4. The molecule has 2 rings (SSSR count). The number of hydrogen-bond donors (Lipinski definition) is 2. The van der Waals surface area contributed by atoms with Crippen molar-refractivity contribution in [3.63, 3.8) is 0 Å². The number of nitrogens with one attached hydrogen (secondary N) is 2. The highest BCUT2D eigenvalue weighted by Gasteiger charge is 2.40. The van der Waals surface area contributed by atoms with Crippen molar-refractivity contribution in [2.24, 2.45) is 5.92 Å². The fourth-order valence-electron chi connectivity index (χ4n) is 2.93. The molecule has 1 atom stereocenters. The van der Waals surface area contributed by atoms with Crippen LogP contribution in [0, 0.1) is 5.92 Å². The average Bonchev–Trinajstić information content (AvgIpc) is 2.87. The first-order valence-corrected chi connectivity index (χ1v) is 7.57. The summed E-state index contributed by atoms with van der Waals surface area (Å²) < 4.78 is 11.4. The molecule has 0 radical (unpaired) electrons. The van der Waals surface area contributed by atoms with E-state index in [4.69, 9.17) is 9.47 Å². The molecule has 0 unspecified atom stereocenters. The van der Waals surface area contributed by atoms with Crippen molar-refractivity contribution >= 4 is 6.03 Å². The van der Waals surface area contributed by atoms with Gasteiger partial charge in [0.05, 0.1) is 13.2 Å². The first-order valence-electron chi connectivity index (χ1n) is 7.57. The van der Waals surface area contributed by atoms with E-state index in [-0.39, 0.29) is 17.9 Å². The van der Waals surface area contributed by atoms with Crippen LogP contribution in [0.5, 0.6) is 0 Å². The lowest BCUT2D eigenvalue weighted by Gasteiger charge is -2.35. The van der Waals surface area contributed by atoms with Gasteiger partial charge in [0.1, 0.15) is 0 Å². The highest BCUT2D eigenvalue weighted by Crippen LogP contribution is 2.37. The van der Waals surface area contributed by atoms with E-state index in [1.54, 1.807) is 0 Å². The lowest BCUT2D eigenvalue weighted by Crippen LogP contribution is -2.44. The highest BCUT2D eigenvalue weighted by atomic mass is 16.7. The van der Waals surface area contributed by atoms with E-state index in [2.05, 4.69) is 17.2 Å². The van der Waals surface area contributed by atoms with Crippen LogP contribution in [-0.4, -0.2) is 37.6 Å². The van der Waals surface area contributed by atoms with E-state index >= 15 is 0 Å². The van der Waals surface area contributed by atoms with Gasteiger partial charge < -0.3 is 20.1 Å². The minimum absolute atomic E-state index is 0.0898. The summed E-state index contributed by atoms with van der Waals surface area (Å²) in [5, 5.41) is 5.85. The molecule has 5 heteroatoms. The monoisotopic (exact) mass is 282 g/mol. The first kappa shape index (κ1) is 15.3. The molecule has 2 amide bonds. The van der Waals surface area contributed by atoms with Crippen LogP contribution in [0.25, 0.3) is 0 Å². The number of ether oxygens (including phenoxy) is 2. The van der Waals surface area contributed by atoms with Gasteiger partial charge in [-0.05, 0) is 32.1 Å². The van der Waals surface area contributed by atoms with Crippen molar-refractivity contribution in [3.05, 3.63) is 12.7 Å². The predicted molar refractivity (Wildman–Crippen MR) is 77.4 cm³/mol. The Morgan fingerprint density at radius 3 is 2.65 bits per heavy atom. The fraction of sp³-hybridized carbons (Fsp3) is 0.800. The third-order valence-electron chi connectivity index (χ3n) is 4.13. The Morgan fingerprint density at radius 1 is 1.40 bits per heavy atom. The highest BCUT2D eigenvalue weighted by molar-refractivity contribution is 5.74. The molecule has 1 aliphatic heterocycles. The summed E-state index contributed by atoms with van der Waals surface area (Å²) in [6.07, 6.45) is 6.56. The second kappa shape index (κ2) is 7.09.